The van der Waals surface area contributed by atoms with E-state index in [0.29, 0.717) is 0 Å². The van der Waals surface area contributed by atoms with Gasteiger partial charge in [0.25, 0.3) is 5.91 Å². The third-order valence-corrected chi connectivity index (χ3v) is 4.13. The highest BCUT2D eigenvalue weighted by molar-refractivity contribution is 5.99. The third-order valence-electron chi connectivity index (χ3n) is 4.13. The van der Waals surface area contributed by atoms with Gasteiger partial charge in [-0.25, -0.2) is 0 Å². The minimum absolute atomic E-state index is 0.105. The van der Waals surface area contributed by atoms with Crippen LogP contribution in [0.3, 0.4) is 0 Å². The zero-order valence-corrected chi connectivity index (χ0v) is 17.3. The number of hydrogen-bond acceptors (Lipinski definition) is 6. The summed E-state index contributed by atoms with van der Waals surface area (Å²) in [5, 5.41) is 1.82. The van der Waals surface area contributed by atoms with E-state index in [9.17, 15) is 45.5 Å². The number of amides is 2. The van der Waals surface area contributed by atoms with Gasteiger partial charge in [0.2, 0.25) is 5.91 Å². The van der Waals surface area contributed by atoms with Crippen molar-refractivity contribution < 1.29 is 55.0 Å². The van der Waals surface area contributed by atoms with Gasteiger partial charge in [0.15, 0.2) is 0 Å². The van der Waals surface area contributed by atoms with Crippen molar-refractivity contribution in [1.29, 1.82) is 0 Å². The average Bonchev–Trinajstić information content (AvgIpc) is 2.68. The second-order valence-electron chi connectivity index (χ2n) is 6.52. The largest absolute Gasteiger partial charge is 0.466 e. The molecule has 33 heavy (non-hydrogen) atoms. The number of nitrogens with two attached hydrogens (primary N) is 1. The van der Waals surface area contributed by atoms with E-state index >= 15 is 0 Å². The lowest BCUT2D eigenvalue weighted by Gasteiger charge is -2.24. The highest BCUT2D eigenvalue weighted by Crippen LogP contribution is 2.36. The summed E-state index contributed by atoms with van der Waals surface area (Å²) in [6.45, 7) is 2.52. The summed E-state index contributed by atoms with van der Waals surface area (Å²) >= 11 is 0. The topological polar surface area (TPSA) is 125 Å². The SMILES string of the molecule is CCOC(=O)C[C@@H](C(=O)OCC)[C@@H](NC(=O)c1cc(C(F)(F)F)cc(C(F)(F)F)c1)C(N)=O. The van der Waals surface area contributed by atoms with Crippen molar-refractivity contribution >= 4 is 23.8 Å². The molecule has 0 bridgehead atoms. The summed E-state index contributed by atoms with van der Waals surface area (Å²) < 4.78 is 87.6. The van der Waals surface area contributed by atoms with Gasteiger partial charge in [-0.2, -0.15) is 26.3 Å². The highest BCUT2D eigenvalue weighted by atomic mass is 19.4. The zero-order valence-electron chi connectivity index (χ0n) is 17.3. The maximum absolute atomic E-state index is 13.0. The Morgan fingerprint density at radius 2 is 1.39 bits per heavy atom. The molecule has 2 atom stereocenters. The number of carbonyl (C=O) groups is 4. The minimum atomic E-state index is -5.23. The molecule has 184 valence electrons. The number of nitrogens with one attached hydrogen (secondary N) is 1. The van der Waals surface area contributed by atoms with Crippen molar-refractivity contribution in [3.05, 3.63) is 34.9 Å². The van der Waals surface area contributed by atoms with E-state index in [1.165, 1.54) is 13.8 Å². The Balaban J connectivity index is 3.40. The molecule has 1 aromatic carbocycles. The Morgan fingerprint density at radius 3 is 1.79 bits per heavy atom. The van der Waals surface area contributed by atoms with E-state index < -0.39 is 71.2 Å². The Bertz CT molecular complexity index is 867. The summed E-state index contributed by atoms with van der Waals surface area (Å²) in [7, 11) is 0. The standard InChI is InChI=1S/C19H20F6N2O6/c1-3-32-13(28)8-12(17(31)33-4-2)14(15(26)29)27-16(30)9-5-10(18(20,21)22)7-11(6-9)19(23,24)25/h5-7,12,14H,3-4,8H2,1-2H3,(H2,26,29)(H,27,30)/t12-,14-/m1/s1. The number of carbonyl (C=O) groups excluding carboxylic acids is 4. The summed E-state index contributed by atoms with van der Waals surface area (Å²) in [6, 6.07) is -1.93. The first-order valence-corrected chi connectivity index (χ1v) is 9.33. The number of primary amides is 1. The number of ether oxygens (including phenoxy) is 2. The first-order chi connectivity index (χ1) is 15.1. The second kappa shape index (κ2) is 11.0. The van der Waals surface area contributed by atoms with Crippen LogP contribution in [-0.2, 0) is 36.2 Å². The van der Waals surface area contributed by atoms with Gasteiger partial charge in [-0.3, -0.25) is 19.2 Å². The number of esters is 2. The lowest BCUT2D eigenvalue weighted by Crippen LogP contribution is -2.52. The van der Waals surface area contributed by atoms with Gasteiger partial charge in [0.05, 0.1) is 36.7 Å². The van der Waals surface area contributed by atoms with E-state index in [0.717, 1.165) is 0 Å². The van der Waals surface area contributed by atoms with Crippen LogP contribution in [0.4, 0.5) is 26.3 Å². The molecule has 0 unspecified atom stereocenters. The summed E-state index contributed by atoms with van der Waals surface area (Å²) in [5.41, 5.74) is 0.520. The van der Waals surface area contributed by atoms with Gasteiger partial charge in [-0.05, 0) is 32.0 Å². The maximum atomic E-state index is 13.0. The summed E-state index contributed by atoms with van der Waals surface area (Å²) in [6.07, 6.45) is -11.3. The molecular formula is C19H20F6N2O6. The van der Waals surface area contributed by atoms with E-state index in [1.54, 1.807) is 0 Å². The number of benzene rings is 1. The van der Waals surface area contributed by atoms with Crippen molar-refractivity contribution in [1.82, 2.24) is 5.32 Å². The molecule has 2 amide bonds. The van der Waals surface area contributed by atoms with Gasteiger partial charge in [0.1, 0.15) is 6.04 Å². The van der Waals surface area contributed by atoms with Gasteiger partial charge in [-0.15, -0.1) is 0 Å². The van der Waals surface area contributed by atoms with Crippen LogP contribution in [0.15, 0.2) is 18.2 Å². The van der Waals surface area contributed by atoms with Crippen LogP contribution in [-0.4, -0.2) is 43.0 Å². The lowest BCUT2D eigenvalue weighted by molar-refractivity contribution is -0.156. The van der Waals surface area contributed by atoms with E-state index in [1.807, 2.05) is 5.32 Å². The molecule has 3 N–H and O–H groups in total. The fourth-order valence-electron chi connectivity index (χ4n) is 2.67. The number of rotatable bonds is 9. The van der Waals surface area contributed by atoms with Crippen LogP contribution in [0.2, 0.25) is 0 Å². The normalized spacial score (nSPS) is 13.6. The minimum Gasteiger partial charge on any atom is -0.466 e. The van der Waals surface area contributed by atoms with E-state index in [-0.39, 0.29) is 31.4 Å². The molecule has 0 fully saturated rings. The monoisotopic (exact) mass is 486 g/mol. The van der Waals surface area contributed by atoms with Crippen LogP contribution < -0.4 is 11.1 Å². The first kappa shape index (κ1) is 27.7. The van der Waals surface area contributed by atoms with Gasteiger partial charge >= 0.3 is 24.3 Å². The van der Waals surface area contributed by atoms with Crippen molar-refractivity contribution in [3.8, 4) is 0 Å². The van der Waals surface area contributed by atoms with Gasteiger partial charge < -0.3 is 20.5 Å². The molecule has 1 aromatic rings. The number of halogens is 6. The van der Waals surface area contributed by atoms with Crippen molar-refractivity contribution in [2.24, 2.45) is 11.7 Å². The molecule has 0 aromatic heterocycles. The van der Waals surface area contributed by atoms with Crippen LogP contribution >= 0.6 is 0 Å². The van der Waals surface area contributed by atoms with Crippen molar-refractivity contribution in [3.63, 3.8) is 0 Å². The average molecular weight is 486 g/mol. The lowest BCUT2D eigenvalue weighted by atomic mass is 9.94. The molecule has 0 spiro atoms. The Kier molecular flexibility index (Phi) is 9.24. The number of alkyl halides is 6. The van der Waals surface area contributed by atoms with Crippen LogP contribution in [0.5, 0.6) is 0 Å². The molecule has 0 aliphatic rings. The predicted molar refractivity (Wildman–Crippen MR) is 98.3 cm³/mol. The molecule has 0 radical (unpaired) electrons. The van der Waals surface area contributed by atoms with Crippen molar-refractivity contribution in [2.75, 3.05) is 13.2 Å². The molecule has 0 aliphatic heterocycles. The van der Waals surface area contributed by atoms with Gasteiger partial charge in [0, 0.05) is 5.56 Å². The Hall–Kier alpha value is -3.32. The first-order valence-electron chi connectivity index (χ1n) is 9.33. The molecule has 0 aliphatic carbocycles. The van der Waals surface area contributed by atoms with E-state index in [4.69, 9.17) is 10.5 Å². The van der Waals surface area contributed by atoms with E-state index in [2.05, 4.69) is 4.74 Å². The van der Waals surface area contributed by atoms with Crippen LogP contribution in [0, 0.1) is 5.92 Å². The Labute approximate surface area is 183 Å². The third kappa shape index (κ3) is 7.95. The smallest absolute Gasteiger partial charge is 0.416 e. The summed E-state index contributed by atoms with van der Waals surface area (Å²) in [5.74, 6) is -6.88. The molecule has 8 nitrogen and oxygen atoms in total. The summed E-state index contributed by atoms with van der Waals surface area (Å²) in [4.78, 5) is 48.4. The highest BCUT2D eigenvalue weighted by Gasteiger charge is 2.40. The van der Waals surface area contributed by atoms with Crippen molar-refractivity contribution in [2.45, 2.75) is 38.7 Å². The molecule has 0 heterocycles. The Morgan fingerprint density at radius 1 is 0.909 bits per heavy atom. The molecule has 1 rings (SSSR count). The fraction of sp³-hybridized carbons (Fsp3) is 0.474. The quantitative estimate of drug-likeness (QED) is 0.408. The van der Waals surface area contributed by atoms with Crippen LogP contribution in [0.1, 0.15) is 41.8 Å². The fourth-order valence-corrected chi connectivity index (χ4v) is 2.67. The zero-order chi connectivity index (χ0) is 25.6. The molecule has 0 saturated heterocycles. The van der Waals surface area contributed by atoms with Crippen LogP contribution in [0.25, 0.3) is 0 Å². The molecular weight excluding hydrogens is 466 g/mol. The van der Waals surface area contributed by atoms with Gasteiger partial charge in [-0.1, -0.05) is 0 Å². The predicted octanol–water partition coefficient (Wildman–Crippen LogP) is 2.44. The molecule has 14 heteroatoms. The second-order valence-corrected chi connectivity index (χ2v) is 6.52. The number of hydrogen-bond donors (Lipinski definition) is 2. The maximum Gasteiger partial charge on any atom is 0.416 e. The molecule has 0 saturated carbocycles.